The molecule has 1 aromatic rings. The molecule has 5 nitrogen and oxygen atoms in total. The molecule has 0 atom stereocenters. The van der Waals surface area contributed by atoms with Gasteiger partial charge in [-0.1, -0.05) is 0 Å². The molecule has 1 aliphatic heterocycles. The maximum atomic E-state index is 11.4. The summed E-state index contributed by atoms with van der Waals surface area (Å²) in [5.41, 5.74) is 2.13. The predicted molar refractivity (Wildman–Crippen MR) is 44.7 cm³/mol. The van der Waals surface area contributed by atoms with E-state index >= 15 is 0 Å². The number of ether oxygens (including phenoxy) is 1. The summed E-state index contributed by atoms with van der Waals surface area (Å²) in [6.07, 6.45) is 1.76. The quantitative estimate of drug-likeness (QED) is 0.693. The van der Waals surface area contributed by atoms with Crippen LogP contribution in [0, 0.1) is 0 Å². The SMILES string of the molecule is COCC(=O)N1Cc2cn[nH]c2C1. The monoisotopic (exact) mass is 181 g/mol. The minimum absolute atomic E-state index is 0.0205. The molecule has 0 aromatic carbocycles. The fraction of sp³-hybridized carbons (Fsp3) is 0.500. The Bertz CT molecular complexity index is 300. The first kappa shape index (κ1) is 8.25. The number of aromatic amines is 1. The summed E-state index contributed by atoms with van der Waals surface area (Å²) >= 11 is 0. The number of carbonyl (C=O) groups is 1. The number of fused-ring (bicyclic) bond motifs is 1. The summed E-state index contributed by atoms with van der Waals surface area (Å²) in [6.45, 7) is 1.42. The lowest BCUT2D eigenvalue weighted by molar-refractivity contribution is -0.135. The number of hydrogen-bond acceptors (Lipinski definition) is 3. The molecule has 0 spiro atoms. The second-order valence-corrected chi connectivity index (χ2v) is 3.06. The molecule has 2 heterocycles. The second-order valence-electron chi connectivity index (χ2n) is 3.06. The smallest absolute Gasteiger partial charge is 0.249 e. The molecular weight excluding hydrogens is 170 g/mol. The number of nitrogens with one attached hydrogen (secondary N) is 1. The molecule has 5 heteroatoms. The van der Waals surface area contributed by atoms with Gasteiger partial charge >= 0.3 is 0 Å². The van der Waals surface area contributed by atoms with Gasteiger partial charge in [0.05, 0.1) is 18.4 Å². The Morgan fingerprint density at radius 1 is 1.77 bits per heavy atom. The van der Waals surface area contributed by atoms with Crippen LogP contribution in [-0.4, -0.2) is 34.7 Å². The zero-order chi connectivity index (χ0) is 9.26. The van der Waals surface area contributed by atoms with Crippen molar-refractivity contribution < 1.29 is 9.53 Å². The van der Waals surface area contributed by atoms with Crippen LogP contribution in [0.15, 0.2) is 6.20 Å². The number of amides is 1. The van der Waals surface area contributed by atoms with Crippen molar-refractivity contribution in [3.05, 3.63) is 17.5 Å². The van der Waals surface area contributed by atoms with Crippen molar-refractivity contribution in [3.63, 3.8) is 0 Å². The van der Waals surface area contributed by atoms with Crippen molar-refractivity contribution in [2.45, 2.75) is 13.1 Å². The first-order chi connectivity index (χ1) is 6.31. The summed E-state index contributed by atoms with van der Waals surface area (Å²) < 4.78 is 4.77. The minimum atomic E-state index is 0.0205. The van der Waals surface area contributed by atoms with E-state index in [-0.39, 0.29) is 12.5 Å². The predicted octanol–water partition coefficient (Wildman–Crippen LogP) is -0.102. The van der Waals surface area contributed by atoms with E-state index in [1.807, 2.05) is 0 Å². The van der Waals surface area contributed by atoms with E-state index in [9.17, 15) is 4.79 Å². The van der Waals surface area contributed by atoms with Gasteiger partial charge in [0.25, 0.3) is 0 Å². The number of carbonyl (C=O) groups excluding carboxylic acids is 1. The maximum Gasteiger partial charge on any atom is 0.249 e. The summed E-state index contributed by atoms with van der Waals surface area (Å²) in [5.74, 6) is 0.0205. The Hall–Kier alpha value is -1.36. The molecule has 1 amide bonds. The molecule has 1 aromatic heterocycles. The van der Waals surface area contributed by atoms with Gasteiger partial charge in [0, 0.05) is 19.2 Å². The molecule has 0 fully saturated rings. The minimum Gasteiger partial charge on any atom is -0.375 e. The van der Waals surface area contributed by atoms with E-state index in [0.717, 1.165) is 11.3 Å². The number of aromatic nitrogens is 2. The fourth-order valence-electron chi connectivity index (χ4n) is 1.45. The highest BCUT2D eigenvalue weighted by Crippen LogP contribution is 2.19. The summed E-state index contributed by atoms with van der Waals surface area (Å²) in [6, 6.07) is 0. The lowest BCUT2D eigenvalue weighted by Crippen LogP contribution is -2.28. The molecule has 13 heavy (non-hydrogen) atoms. The second kappa shape index (κ2) is 3.18. The van der Waals surface area contributed by atoms with Crippen LogP contribution in [0.5, 0.6) is 0 Å². The highest BCUT2D eigenvalue weighted by atomic mass is 16.5. The molecule has 1 aliphatic rings. The first-order valence-electron chi connectivity index (χ1n) is 4.09. The van der Waals surface area contributed by atoms with Gasteiger partial charge in [0.2, 0.25) is 5.91 Å². The van der Waals surface area contributed by atoms with Crippen LogP contribution in [0.4, 0.5) is 0 Å². The molecule has 0 radical (unpaired) electrons. The van der Waals surface area contributed by atoms with Crippen molar-refractivity contribution in [1.29, 1.82) is 0 Å². The molecule has 0 saturated carbocycles. The van der Waals surface area contributed by atoms with Gasteiger partial charge < -0.3 is 9.64 Å². The molecule has 0 bridgehead atoms. The number of rotatable bonds is 2. The Balaban J connectivity index is 2.01. The van der Waals surface area contributed by atoms with E-state index in [4.69, 9.17) is 4.74 Å². The van der Waals surface area contributed by atoms with Gasteiger partial charge in [-0.25, -0.2) is 0 Å². The Kier molecular flexibility index (Phi) is 2.02. The third-order valence-corrected chi connectivity index (χ3v) is 2.14. The lowest BCUT2D eigenvalue weighted by Gasteiger charge is -2.14. The Labute approximate surface area is 75.7 Å². The number of hydrogen-bond donors (Lipinski definition) is 1. The van der Waals surface area contributed by atoms with Crippen LogP contribution >= 0.6 is 0 Å². The van der Waals surface area contributed by atoms with E-state index in [1.54, 1.807) is 11.1 Å². The molecule has 0 unspecified atom stereocenters. The first-order valence-corrected chi connectivity index (χ1v) is 4.09. The van der Waals surface area contributed by atoms with Gasteiger partial charge in [-0.15, -0.1) is 0 Å². The zero-order valence-corrected chi connectivity index (χ0v) is 7.41. The standard InChI is InChI=1S/C8H11N3O2/c1-13-5-8(12)11-3-6-2-9-10-7(6)4-11/h2H,3-5H2,1H3,(H,9,10). The number of H-pyrrole nitrogens is 1. The lowest BCUT2D eigenvalue weighted by atomic mass is 10.3. The summed E-state index contributed by atoms with van der Waals surface area (Å²) in [4.78, 5) is 13.1. The van der Waals surface area contributed by atoms with Gasteiger partial charge in [0.1, 0.15) is 6.61 Å². The molecule has 2 rings (SSSR count). The molecule has 1 N–H and O–H groups in total. The van der Waals surface area contributed by atoms with Crippen LogP contribution in [0.3, 0.4) is 0 Å². The van der Waals surface area contributed by atoms with Gasteiger partial charge in [-0.3, -0.25) is 9.89 Å². The number of nitrogens with zero attached hydrogens (tertiary/aromatic N) is 2. The summed E-state index contributed by atoms with van der Waals surface area (Å²) in [7, 11) is 1.52. The molecule has 70 valence electrons. The third kappa shape index (κ3) is 1.42. The van der Waals surface area contributed by atoms with E-state index in [2.05, 4.69) is 10.2 Å². The topological polar surface area (TPSA) is 58.2 Å². The Morgan fingerprint density at radius 3 is 3.31 bits per heavy atom. The van der Waals surface area contributed by atoms with Crippen molar-refractivity contribution in [3.8, 4) is 0 Å². The molecule has 0 saturated heterocycles. The van der Waals surface area contributed by atoms with Crippen molar-refractivity contribution in [2.24, 2.45) is 0 Å². The number of methoxy groups -OCH3 is 1. The van der Waals surface area contributed by atoms with Gasteiger partial charge in [0.15, 0.2) is 0 Å². The van der Waals surface area contributed by atoms with E-state index in [1.165, 1.54) is 7.11 Å². The average molecular weight is 181 g/mol. The van der Waals surface area contributed by atoms with E-state index in [0.29, 0.717) is 13.1 Å². The largest absolute Gasteiger partial charge is 0.375 e. The normalized spacial score (nSPS) is 14.7. The van der Waals surface area contributed by atoms with Crippen LogP contribution in [0.2, 0.25) is 0 Å². The molecular formula is C8H11N3O2. The highest BCUT2D eigenvalue weighted by Gasteiger charge is 2.24. The van der Waals surface area contributed by atoms with Crippen LogP contribution in [0.1, 0.15) is 11.3 Å². The zero-order valence-electron chi connectivity index (χ0n) is 7.41. The van der Waals surface area contributed by atoms with Gasteiger partial charge in [-0.2, -0.15) is 5.10 Å². The third-order valence-electron chi connectivity index (χ3n) is 2.14. The van der Waals surface area contributed by atoms with Crippen molar-refractivity contribution in [1.82, 2.24) is 15.1 Å². The summed E-state index contributed by atoms with van der Waals surface area (Å²) in [5, 5.41) is 6.75. The Morgan fingerprint density at radius 2 is 2.62 bits per heavy atom. The van der Waals surface area contributed by atoms with Crippen molar-refractivity contribution >= 4 is 5.91 Å². The maximum absolute atomic E-state index is 11.4. The van der Waals surface area contributed by atoms with Crippen LogP contribution in [-0.2, 0) is 22.6 Å². The van der Waals surface area contributed by atoms with Crippen LogP contribution in [0.25, 0.3) is 0 Å². The molecule has 0 aliphatic carbocycles. The van der Waals surface area contributed by atoms with E-state index < -0.39 is 0 Å². The average Bonchev–Trinajstić information content (AvgIpc) is 2.61. The fourth-order valence-corrected chi connectivity index (χ4v) is 1.45. The van der Waals surface area contributed by atoms with Gasteiger partial charge in [-0.05, 0) is 0 Å². The van der Waals surface area contributed by atoms with Crippen LogP contribution < -0.4 is 0 Å². The highest BCUT2D eigenvalue weighted by molar-refractivity contribution is 5.78. The van der Waals surface area contributed by atoms with Crippen molar-refractivity contribution in [2.75, 3.05) is 13.7 Å².